The lowest BCUT2D eigenvalue weighted by Crippen LogP contribution is -2.13. The van der Waals surface area contributed by atoms with Crippen molar-refractivity contribution in [3.63, 3.8) is 0 Å². The van der Waals surface area contributed by atoms with Gasteiger partial charge in [-0.05, 0) is 42.0 Å². The molecule has 3 aromatic rings. The first-order valence-electron chi connectivity index (χ1n) is 7.74. The van der Waals surface area contributed by atoms with Crippen molar-refractivity contribution in [3.8, 4) is 17.4 Å². The lowest BCUT2D eigenvalue weighted by molar-refractivity contribution is -0.113. The Morgan fingerprint density at radius 2 is 1.92 bits per heavy atom. The van der Waals surface area contributed by atoms with Gasteiger partial charge in [0, 0.05) is 11.3 Å². The Balaban J connectivity index is 1.53. The fraction of sp³-hybridized carbons (Fsp3) is 0.105. The lowest BCUT2D eigenvalue weighted by Gasteiger charge is -2.04. The molecule has 0 fully saturated rings. The summed E-state index contributed by atoms with van der Waals surface area (Å²) in [5.74, 6) is 0.148. The van der Waals surface area contributed by atoms with Crippen LogP contribution in [-0.2, 0) is 11.2 Å². The van der Waals surface area contributed by atoms with Crippen LogP contribution in [0, 0.1) is 17.1 Å². The van der Waals surface area contributed by atoms with Crippen LogP contribution in [0.4, 0.5) is 10.1 Å². The van der Waals surface area contributed by atoms with Crippen molar-refractivity contribution >= 4 is 23.4 Å². The standard InChI is InChI=1S/C19H14FN3O2S/c20-15-5-3-14(4-6-15)17-11-22-19(25-17)26-12-18(24)23-16-7-1-13(2-8-16)9-10-21/h1-8,11H,9,12H2,(H,23,24). The molecule has 0 aliphatic heterocycles. The smallest absolute Gasteiger partial charge is 0.256 e. The average Bonchev–Trinajstić information content (AvgIpc) is 3.11. The Kier molecular flexibility index (Phi) is 5.66. The number of aromatic nitrogens is 1. The Hall–Kier alpha value is -3.11. The van der Waals surface area contributed by atoms with Crippen molar-refractivity contribution in [1.82, 2.24) is 4.98 Å². The van der Waals surface area contributed by atoms with Gasteiger partial charge in [-0.1, -0.05) is 23.9 Å². The monoisotopic (exact) mass is 367 g/mol. The molecule has 0 unspecified atom stereocenters. The first-order valence-corrected chi connectivity index (χ1v) is 8.73. The van der Waals surface area contributed by atoms with Crippen molar-refractivity contribution in [3.05, 3.63) is 66.1 Å². The van der Waals surface area contributed by atoms with Crippen LogP contribution in [0.3, 0.4) is 0 Å². The van der Waals surface area contributed by atoms with Crippen LogP contribution in [0.5, 0.6) is 0 Å². The highest BCUT2D eigenvalue weighted by molar-refractivity contribution is 7.99. The van der Waals surface area contributed by atoms with Gasteiger partial charge in [-0.15, -0.1) is 0 Å². The van der Waals surface area contributed by atoms with E-state index in [1.165, 1.54) is 23.9 Å². The molecule has 1 N–H and O–H groups in total. The number of hydrogen-bond donors (Lipinski definition) is 1. The second kappa shape index (κ2) is 8.32. The predicted molar refractivity (Wildman–Crippen MR) is 97.0 cm³/mol. The molecule has 0 spiro atoms. The van der Waals surface area contributed by atoms with Crippen LogP contribution in [0.1, 0.15) is 5.56 Å². The molecule has 5 nitrogen and oxygen atoms in total. The number of halogens is 1. The number of nitrogens with zero attached hydrogens (tertiary/aromatic N) is 2. The maximum Gasteiger partial charge on any atom is 0.256 e. The van der Waals surface area contributed by atoms with E-state index in [0.29, 0.717) is 28.7 Å². The first-order chi connectivity index (χ1) is 12.6. The summed E-state index contributed by atoms with van der Waals surface area (Å²) in [6.07, 6.45) is 1.88. The number of amides is 1. The predicted octanol–water partition coefficient (Wildman–Crippen LogP) is 4.28. The molecule has 0 aliphatic rings. The maximum atomic E-state index is 12.9. The van der Waals surface area contributed by atoms with Crippen molar-refractivity contribution < 1.29 is 13.6 Å². The van der Waals surface area contributed by atoms with Gasteiger partial charge >= 0.3 is 0 Å². The normalized spacial score (nSPS) is 10.3. The SMILES string of the molecule is N#CCc1ccc(NC(=O)CSc2ncc(-c3ccc(F)cc3)o2)cc1. The molecule has 3 rings (SSSR count). The largest absolute Gasteiger partial charge is 0.431 e. The molecule has 7 heteroatoms. The van der Waals surface area contributed by atoms with E-state index in [2.05, 4.69) is 16.4 Å². The van der Waals surface area contributed by atoms with Gasteiger partial charge in [0.05, 0.1) is 24.4 Å². The number of rotatable bonds is 6. The van der Waals surface area contributed by atoms with Gasteiger partial charge in [0.15, 0.2) is 5.76 Å². The van der Waals surface area contributed by atoms with Crippen molar-refractivity contribution in [2.45, 2.75) is 11.6 Å². The Labute approximate surface area is 153 Å². The lowest BCUT2D eigenvalue weighted by atomic mass is 10.1. The minimum atomic E-state index is -0.319. The molecule has 0 atom stereocenters. The molecular weight excluding hydrogens is 353 g/mol. The molecule has 130 valence electrons. The van der Waals surface area contributed by atoms with Gasteiger partial charge in [0.2, 0.25) is 5.91 Å². The van der Waals surface area contributed by atoms with E-state index in [-0.39, 0.29) is 17.5 Å². The second-order valence-corrected chi connectivity index (χ2v) is 6.29. The number of oxazole rings is 1. The third-order valence-electron chi connectivity index (χ3n) is 3.46. The zero-order chi connectivity index (χ0) is 18.4. The number of nitriles is 1. The van der Waals surface area contributed by atoms with E-state index in [1.54, 1.807) is 42.6 Å². The molecule has 1 heterocycles. The summed E-state index contributed by atoms with van der Waals surface area (Å²) in [6, 6.07) is 15.1. The van der Waals surface area contributed by atoms with Crippen molar-refractivity contribution in [2.24, 2.45) is 0 Å². The minimum absolute atomic E-state index is 0.142. The number of hydrogen-bond acceptors (Lipinski definition) is 5. The number of anilines is 1. The van der Waals surface area contributed by atoms with Crippen LogP contribution < -0.4 is 5.32 Å². The summed E-state index contributed by atoms with van der Waals surface area (Å²) in [5, 5.41) is 11.8. The number of carbonyl (C=O) groups is 1. The molecule has 1 amide bonds. The maximum absolute atomic E-state index is 12.9. The number of nitrogens with one attached hydrogen (secondary N) is 1. The summed E-state index contributed by atoms with van der Waals surface area (Å²) in [5.41, 5.74) is 2.28. The summed E-state index contributed by atoms with van der Waals surface area (Å²) in [6.45, 7) is 0. The van der Waals surface area contributed by atoms with E-state index < -0.39 is 0 Å². The second-order valence-electron chi connectivity index (χ2n) is 5.37. The van der Waals surface area contributed by atoms with Gasteiger partial charge in [-0.3, -0.25) is 4.79 Å². The molecule has 2 aromatic carbocycles. The number of benzene rings is 2. The Bertz CT molecular complexity index is 931. The molecular formula is C19H14FN3O2S. The molecule has 0 saturated heterocycles. The highest BCUT2D eigenvalue weighted by atomic mass is 32.2. The van der Waals surface area contributed by atoms with E-state index in [4.69, 9.17) is 9.68 Å². The van der Waals surface area contributed by atoms with Crippen molar-refractivity contribution in [1.29, 1.82) is 5.26 Å². The summed E-state index contributed by atoms with van der Waals surface area (Å²) >= 11 is 1.17. The van der Waals surface area contributed by atoms with Crippen molar-refractivity contribution in [2.75, 3.05) is 11.1 Å². The fourth-order valence-corrected chi connectivity index (χ4v) is 2.80. The highest BCUT2D eigenvalue weighted by Crippen LogP contribution is 2.25. The van der Waals surface area contributed by atoms with E-state index in [0.717, 1.165) is 5.56 Å². The van der Waals surface area contributed by atoms with Gasteiger partial charge in [0.25, 0.3) is 5.22 Å². The zero-order valence-electron chi connectivity index (χ0n) is 13.6. The third-order valence-corrected chi connectivity index (χ3v) is 4.30. The summed E-state index contributed by atoms with van der Waals surface area (Å²) in [4.78, 5) is 16.1. The van der Waals surface area contributed by atoms with Crippen LogP contribution >= 0.6 is 11.8 Å². The molecule has 0 aliphatic carbocycles. The van der Waals surface area contributed by atoms with Crippen LogP contribution in [0.15, 0.2) is 64.4 Å². The van der Waals surface area contributed by atoms with Crippen LogP contribution in [0.2, 0.25) is 0 Å². The number of thioether (sulfide) groups is 1. The van der Waals surface area contributed by atoms with Gasteiger partial charge < -0.3 is 9.73 Å². The zero-order valence-corrected chi connectivity index (χ0v) is 14.4. The van der Waals surface area contributed by atoms with Crippen LogP contribution in [0.25, 0.3) is 11.3 Å². The van der Waals surface area contributed by atoms with Gasteiger partial charge in [-0.25, -0.2) is 9.37 Å². The molecule has 0 radical (unpaired) electrons. The first kappa shape index (κ1) is 17.7. The third kappa shape index (κ3) is 4.71. The Morgan fingerprint density at radius 1 is 1.19 bits per heavy atom. The highest BCUT2D eigenvalue weighted by Gasteiger charge is 2.10. The van der Waals surface area contributed by atoms with Gasteiger partial charge in [0.1, 0.15) is 5.82 Å². The van der Waals surface area contributed by atoms with E-state index in [9.17, 15) is 9.18 Å². The molecule has 0 saturated carbocycles. The summed E-state index contributed by atoms with van der Waals surface area (Å²) < 4.78 is 18.5. The minimum Gasteiger partial charge on any atom is -0.431 e. The molecule has 0 bridgehead atoms. The number of carbonyl (C=O) groups excluding carboxylic acids is 1. The summed E-state index contributed by atoms with van der Waals surface area (Å²) in [7, 11) is 0. The molecule has 1 aromatic heterocycles. The molecule has 26 heavy (non-hydrogen) atoms. The quantitative estimate of drug-likeness (QED) is 0.658. The fourth-order valence-electron chi connectivity index (χ4n) is 2.19. The van der Waals surface area contributed by atoms with E-state index in [1.807, 2.05) is 0 Å². The van der Waals surface area contributed by atoms with Gasteiger partial charge in [-0.2, -0.15) is 5.26 Å². The Morgan fingerprint density at radius 3 is 2.62 bits per heavy atom. The average molecular weight is 367 g/mol. The van der Waals surface area contributed by atoms with Crippen LogP contribution in [-0.4, -0.2) is 16.6 Å². The van der Waals surface area contributed by atoms with E-state index >= 15 is 0 Å². The topological polar surface area (TPSA) is 78.9 Å².